The average Bonchev–Trinajstić information content (AvgIpc) is 1.85. The van der Waals surface area contributed by atoms with Gasteiger partial charge in [0.05, 0.1) is 0 Å². The Morgan fingerprint density at radius 2 is 2.18 bits per heavy atom. The second-order valence-corrected chi connectivity index (χ2v) is 2.32. The molecule has 0 saturated carbocycles. The Labute approximate surface area is 63.5 Å². The first kappa shape index (κ1) is 7.78. The van der Waals surface area contributed by atoms with Crippen LogP contribution in [0.3, 0.4) is 0 Å². The topological polar surface area (TPSA) is 54.9 Å². The minimum atomic E-state index is -0.336. The van der Waals surface area contributed by atoms with E-state index in [1.807, 2.05) is 6.92 Å². The van der Waals surface area contributed by atoms with Gasteiger partial charge in [0.15, 0.2) is 0 Å². The third-order valence-corrected chi connectivity index (χ3v) is 1.56. The van der Waals surface area contributed by atoms with E-state index >= 15 is 0 Å². The van der Waals surface area contributed by atoms with Crippen LogP contribution in [0.15, 0.2) is 15.7 Å². The lowest BCUT2D eigenvalue weighted by Crippen LogP contribution is -2.30. The molecule has 1 aromatic heterocycles. The Morgan fingerprint density at radius 1 is 1.55 bits per heavy atom. The van der Waals surface area contributed by atoms with Crippen molar-refractivity contribution in [2.45, 2.75) is 20.4 Å². The number of hydrogen-bond acceptors (Lipinski definition) is 2. The van der Waals surface area contributed by atoms with E-state index in [1.165, 1.54) is 10.6 Å². The average molecular weight is 154 g/mol. The van der Waals surface area contributed by atoms with Crippen molar-refractivity contribution in [3.63, 3.8) is 0 Å². The zero-order valence-electron chi connectivity index (χ0n) is 6.55. The molecule has 11 heavy (non-hydrogen) atoms. The van der Waals surface area contributed by atoms with E-state index in [0.29, 0.717) is 12.2 Å². The number of nitrogens with one attached hydrogen (secondary N) is 1. The number of hydrogen-bond donors (Lipinski definition) is 1. The molecule has 1 N–H and O–H groups in total. The second kappa shape index (κ2) is 2.74. The molecule has 0 aliphatic rings. The zero-order chi connectivity index (χ0) is 8.43. The Balaban J connectivity index is 3.49. The van der Waals surface area contributed by atoms with Crippen molar-refractivity contribution >= 4 is 0 Å². The minimum absolute atomic E-state index is 0.336. The molecule has 4 heteroatoms. The summed E-state index contributed by atoms with van der Waals surface area (Å²) in [6.45, 7) is 4.17. The van der Waals surface area contributed by atoms with Gasteiger partial charge in [-0.05, 0) is 13.8 Å². The Bertz CT molecular complexity index is 361. The summed E-state index contributed by atoms with van der Waals surface area (Å²) in [4.78, 5) is 23.9. The van der Waals surface area contributed by atoms with Gasteiger partial charge in [-0.15, -0.1) is 0 Å². The normalized spacial score (nSPS) is 10.0. The smallest absolute Gasteiger partial charge is 0.298 e. The predicted octanol–water partition coefficient (Wildman–Crippen LogP) is -0.135. The van der Waals surface area contributed by atoms with Crippen LogP contribution in [-0.2, 0) is 6.54 Å². The minimum Gasteiger partial charge on any atom is -0.298 e. The van der Waals surface area contributed by atoms with E-state index in [9.17, 15) is 9.59 Å². The summed E-state index contributed by atoms with van der Waals surface area (Å²) < 4.78 is 1.50. The molecule has 0 spiro atoms. The lowest BCUT2D eigenvalue weighted by Gasteiger charge is -2.02. The van der Waals surface area contributed by atoms with Crippen LogP contribution in [0.25, 0.3) is 0 Å². The first-order chi connectivity index (χ1) is 5.15. The SMILES string of the molecule is CCn1c(C)cc(=O)[nH]c1=O. The first-order valence-electron chi connectivity index (χ1n) is 3.46. The highest BCUT2D eigenvalue weighted by molar-refractivity contribution is 4.97. The molecule has 0 atom stereocenters. The van der Waals surface area contributed by atoms with Crippen molar-refractivity contribution in [2.75, 3.05) is 0 Å². The van der Waals surface area contributed by atoms with E-state index in [0.717, 1.165) is 0 Å². The van der Waals surface area contributed by atoms with Crippen molar-refractivity contribution in [3.8, 4) is 0 Å². The van der Waals surface area contributed by atoms with Gasteiger partial charge in [-0.1, -0.05) is 0 Å². The van der Waals surface area contributed by atoms with Crippen LogP contribution in [0.4, 0.5) is 0 Å². The van der Waals surface area contributed by atoms with Gasteiger partial charge in [0.2, 0.25) is 0 Å². The highest BCUT2D eigenvalue weighted by Gasteiger charge is 1.97. The van der Waals surface area contributed by atoms with Gasteiger partial charge in [-0.25, -0.2) is 4.79 Å². The summed E-state index contributed by atoms with van der Waals surface area (Å²) in [6.07, 6.45) is 0. The molecule has 0 bridgehead atoms. The lowest BCUT2D eigenvalue weighted by atomic mass is 10.4. The molecular weight excluding hydrogens is 144 g/mol. The number of rotatable bonds is 1. The van der Waals surface area contributed by atoms with Crippen molar-refractivity contribution < 1.29 is 0 Å². The molecule has 1 rings (SSSR count). The molecule has 0 aliphatic carbocycles. The van der Waals surface area contributed by atoms with Crippen LogP contribution in [-0.4, -0.2) is 9.55 Å². The van der Waals surface area contributed by atoms with Crippen LogP contribution < -0.4 is 11.2 Å². The summed E-state index contributed by atoms with van der Waals surface area (Å²) in [7, 11) is 0. The fourth-order valence-corrected chi connectivity index (χ4v) is 1.03. The summed E-state index contributed by atoms with van der Waals surface area (Å²) in [5.41, 5.74) is 0.0240. The number of nitrogens with zero attached hydrogens (tertiary/aromatic N) is 1. The van der Waals surface area contributed by atoms with E-state index in [-0.39, 0.29) is 11.2 Å². The molecule has 0 fully saturated rings. The zero-order valence-corrected chi connectivity index (χ0v) is 6.55. The predicted molar refractivity (Wildman–Crippen MR) is 41.7 cm³/mol. The Hall–Kier alpha value is -1.32. The fourth-order valence-electron chi connectivity index (χ4n) is 1.03. The Kier molecular flexibility index (Phi) is 1.94. The number of aryl methyl sites for hydroxylation is 1. The third kappa shape index (κ3) is 1.39. The summed E-state index contributed by atoms with van der Waals surface area (Å²) >= 11 is 0. The molecule has 0 aliphatic heterocycles. The molecular formula is C7H10N2O2. The molecule has 0 amide bonds. The molecule has 0 saturated heterocycles. The molecule has 4 nitrogen and oxygen atoms in total. The fraction of sp³-hybridized carbons (Fsp3) is 0.429. The Morgan fingerprint density at radius 3 is 2.64 bits per heavy atom. The summed E-state index contributed by atoms with van der Waals surface area (Å²) in [5.74, 6) is 0. The van der Waals surface area contributed by atoms with E-state index in [2.05, 4.69) is 4.98 Å². The van der Waals surface area contributed by atoms with Crippen LogP contribution >= 0.6 is 0 Å². The van der Waals surface area contributed by atoms with E-state index in [1.54, 1.807) is 6.92 Å². The van der Waals surface area contributed by atoms with Crippen molar-refractivity contribution in [1.82, 2.24) is 9.55 Å². The highest BCUT2D eigenvalue weighted by atomic mass is 16.2. The van der Waals surface area contributed by atoms with Crippen molar-refractivity contribution in [3.05, 3.63) is 32.6 Å². The molecule has 1 heterocycles. The van der Waals surface area contributed by atoms with Gasteiger partial charge in [0, 0.05) is 18.3 Å². The molecule has 60 valence electrons. The van der Waals surface area contributed by atoms with Crippen LogP contribution in [0.2, 0.25) is 0 Å². The number of aromatic amines is 1. The van der Waals surface area contributed by atoms with Gasteiger partial charge in [-0.2, -0.15) is 0 Å². The maximum Gasteiger partial charge on any atom is 0.328 e. The standard InChI is InChI=1S/C7H10N2O2/c1-3-9-5(2)4-6(10)8-7(9)11/h4H,3H2,1-2H3,(H,8,10,11). The number of H-pyrrole nitrogens is 1. The van der Waals surface area contributed by atoms with Crippen LogP contribution in [0, 0.1) is 6.92 Å². The monoisotopic (exact) mass is 154 g/mol. The maximum atomic E-state index is 11.0. The lowest BCUT2D eigenvalue weighted by molar-refractivity contribution is 0.668. The van der Waals surface area contributed by atoms with Crippen molar-refractivity contribution in [2.24, 2.45) is 0 Å². The second-order valence-electron chi connectivity index (χ2n) is 2.32. The number of aromatic nitrogens is 2. The summed E-state index contributed by atoms with van der Waals surface area (Å²) in [5, 5.41) is 0. The first-order valence-corrected chi connectivity index (χ1v) is 3.46. The molecule has 0 unspecified atom stereocenters. The van der Waals surface area contributed by atoms with Gasteiger partial charge >= 0.3 is 5.69 Å². The van der Waals surface area contributed by atoms with Gasteiger partial charge < -0.3 is 0 Å². The maximum absolute atomic E-state index is 11.0. The van der Waals surface area contributed by atoms with Gasteiger partial charge in [0.1, 0.15) is 0 Å². The largest absolute Gasteiger partial charge is 0.328 e. The molecule has 0 aromatic carbocycles. The van der Waals surface area contributed by atoms with Crippen molar-refractivity contribution in [1.29, 1.82) is 0 Å². The van der Waals surface area contributed by atoms with Crippen LogP contribution in [0.1, 0.15) is 12.6 Å². The van der Waals surface area contributed by atoms with E-state index in [4.69, 9.17) is 0 Å². The quantitative estimate of drug-likeness (QED) is 0.612. The third-order valence-electron chi connectivity index (χ3n) is 1.56. The van der Waals surface area contributed by atoms with E-state index < -0.39 is 0 Å². The van der Waals surface area contributed by atoms with Gasteiger partial charge in [0.25, 0.3) is 5.56 Å². The molecule has 1 aromatic rings. The van der Waals surface area contributed by atoms with Gasteiger partial charge in [-0.3, -0.25) is 14.3 Å². The highest BCUT2D eigenvalue weighted by Crippen LogP contribution is 1.86. The van der Waals surface area contributed by atoms with Crippen LogP contribution in [0.5, 0.6) is 0 Å². The summed E-state index contributed by atoms with van der Waals surface area (Å²) in [6, 6.07) is 1.41. The molecule has 0 radical (unpaired) electrons.